The fraction of sp³-hybridized carbons (Fsp3) is 0.0169. The second kappa shape index (κ2) is 16.3. The lowest BCUT2D eigenvalue weighted by atomic mass is 9.99. The number of rotatable bonds is 9. The SMILES string of the molecule is C=NC(=N/C(=C\Cc1ccccc1)c1ccccc1)c1ccc(-c2ccc3c(c2)c2ccccc2n3-c2ccc(-c3cccc4c3c3ccccc3n4-c3ccccc3)cc2)cc1. The summed E-state index contributed by atoms with van der Waals surface area (Å²) in [6.07, 6.45) is 2.93. The zero-order valence-electron chi connectivity index (χ0n) is 34.6. The molecule has 2 heterocycles. The molecule has 0 aliphatic rings. The average Bonchev–Trinajstić information content (AvgIpc) is 3.88. The van der Waals surface area contributed by atoms with E-state index in [0.29, 0.717) is 5.84 Å². The number of aromatic nitrogens is 2. The van der Waals surface area contributed by atoms with E-state index in [0.717, 1.165) is 45.7 Å². The van der Waals surface area contributed by atoms with E-state index >= 15 is 0 Å². The number of benzene rings is 9. The van der Waals surface area contributed by atoms with Crippen molar-refractivity contribution in [2.45, 2.75) is 6.42 Å². The van der Waals surface area contributed by atoms with Crippen molar-refractivity contribution >= 4 is 61.9 Å². The van der Waals surface area contributed by atoms with E-state index in [-0.39, 0.29) is 0 Å². The van der Waals surface area contributed by atoms with Gasteiger partial charge in [-0.1, -0.05) is 176 Å². The lowest BCUT2D eigenvalue weighted by Crippen LogP contribution is -1.98. The molecule has 4 nitrogen and oxygen atoms in total. The monoisotopic (exact) mass is 806 g/mol. The van der Waals surface area contributed by atoms with Crippen LogP contribution >= 0.6 is 0 Å². The Labute approximate surface area is 366 Å². The number of aliphatic imine (C=N–C) groups is 2. The number of amidine groups is 1. The molecule has 0 unspecified atom stereocenters. The van der Waals surface area contributed by atoms with Gasteiger partial charge in [-0.05, 0) is 101 Å². The van der Waals surface area contributed by atoms with Gasteiger partial charge in [-0.2, -0.15) is 0 Å². The Morgan fingerprint density at radius 2 is 0.984 bits per heavy atom. The van der Waals surface area contributed by atoms with E-state index in [1.807, 2.05) is 24.3 Å². The van der Waals surface area contributed by atoms with Crippen molar-refractivity contribution in [2.75, 3.05) is 0 Å². The van der Waals surface area contributed by atoms with Crippen molar-refractivity contribution in [1.82, 2.24) is 9.13 Å². The lowest BCUT2D eigenvalue weighted by Gasteiger charge is -2.11. The summed E-state index contributed by atoms with van der Waals surface area (Å²) in [6, 6.07) is 79.8. The van der Waals surface area contributed by atoms with Crippen LogP contribution in [-0.2, 0) is 6.42 Å². The van der Waals surface area contributed by atoms with E-state index in [2.05, 4.69) is 227 Å². The van der Waals surface area contributed by atoms with Crippen molar-refractivity contribution in [1.29, 1.82) is 0 Å². The highest BCUT2D eigenvalue weighted by Gasteiger charge is 2.18. The maximum Gasteiger partial charge on any atom is 0.159 e. The molecule has 0 aliphatic heterocycles. The highest BCUT2D eigenvalue weighted by molar-refractivity contribution is 6.16. The van der Waals surface area contributed by atoms with Crippen LogP contribution in [0.2, 0.25) is 0 Å². The van der Waals surface area contributed by atoms with Gasteiger partial charge < -0.3 is 9.13 Å². The fourth-order valence-electron chi connectivity index (χ4n) is 9.12. The number of nitrogens with zero attached hydrogens (tertiary/aromatic N) is 4. The van der Waals surface area contributed by atoms with Crippen LogP contribution in [0, 0.1) is 0 Å². The van der Waals surface area contributed by atoms with Crippen LogP contribution in [0.4, 0.5) is 0 Å². The molecule has 0 aliphatic carbocycles. The first-order chi connectivity index (χ1) is 31.2. The van der Waals surface area contributed by atoms with Crippen molar-refractivity contribution < 1.29 is 0 Å². The molecule has 0 N–H and O–H groups in total. The summed E-state index contributed by atoms with van der Waals surface area (Å²) >= 11 is 0. The topological polar surface area (TPSA) is 34.6 Å². The van der Waals surface area contributed by atoms with Gasteiger partial charge in [0.15, 0.2) is 5.84 Å². The molecule has 0 radical (unpaired) electrons. The summed E-state index contributed by atoms with van der Waals surface area (Å²) in [7, 11) is 0. The quantitative estimate of drug-likeness (QED) is 0.103. The van der Waals surface area contributed by atoms with Crippen LogP contribution in [0.3, 0.4) is 0 Å². The lowest BCUT2D eigenvalue weighted by molar-refractivity contribution is 1.18. The third-order valence-electron chi connectivity index (χ3n) is 12.1. The third-order valence-corrected chi connectivity index (χ3v) is 12.1. The number of hydrogen-bond acceptors (Lipinski definition) is 1. The van der Waals surface area contributed by atoms with Gasteiger partial charge in [0, 0.05) is 38.5 Å². The van der Waals surface area contributed by atoms with Gasteiger partial charge in [-0.25, -0.2) is 9.98 Å². The fourth-order valence-corrected chi connectivity index (χ4v) is 9.12. The molecule has 9 aromatic carbocycles. The zero-order valence-corrected chi connectivity index (χ0v) is 34.6. The predicted octanol–water partition coefficient (Wildman–Crippen LogP) is 14.9. The predicted molar refractivity (Wildman–Crippen MR) is 267 cm³/mol. The molecule has 0 saturated carbocycles. The molecule has 298 valence electrons. The molecular weight excluding hydrogens is 765 g/mol. The molecule has 11 aromatic rings. The third kappa shape index (κ3) is 6.94. The highest BCUT2D eigenvalue weighted by Crippen LogP contribution is 2.40. The summed E-state index contributed by atoms with van der Waals surface area (Å²) in [5.74, 6) is 0.588. The Kier molecular flexibility index (Phi) is 9.72. The summed E-state index contributed by atoms with van der Waals surface area (Å²) < 4.78 is 4.76. The largest absolute Gasteiger partial charge is 0.309 e. The molecule has 0 atom stereocenters. The Hall–Kier alpha value is -8.34. The number of para-hydroxylation sites is 3. The van der Waals surface area contributed by atoms with Gasteiger partial charge in [0.1, 0.15) is 0 Å². The van der Waals surface area contributed by atoms with Crippen molar-refractivity contribution in [3.8, 4) is 33.6 Å². The first-order valence-corrected chi connectivity index (χ1v) is 21.4. The number of allylic oxidation sites excluding steroid dienone is 1. The second-order valence-corrected chi connectivity index (χ2v) is 15.8. The standard InChI is InChI=1S/C59H42N4/c1-60-59(61-53(44-18-7-3-8-19-44)38-28-41-16-5-2-6-17-41)45-31-29-42(30-32-45)46-35-39-56-52(40-46)50-22-11-13-25-54(50)62(56)48-36-33-43(34-37-48)49-24-15-27-57-58(49)51-23-12-14-26-55(51)63(57)47-20-9-4-10-21-47/h2-27,29-40H,1,28H2/b53-38-,61-59?. The Morgan fingerprint density at radius 3 is 1.71 bits per heavy atom. The number of hydrogen-bond donors (Lipinski definition) is 0. The van der Waals surface area contributed by atoms with E-state index in [1.165, 1.54) is 60.3 Å². The molecule has 11 rings (SSSR count). The molecule has 63 heavy (non-hydrogen) atoms. The van der Waals surface area contributed by atoms with Gasteiger partial charge in [-0.3, -0.25) is 0 Å². The van der Waals surface area contributed by atoms with Crippen LogP contribution in [0.15, 0.2) is 241 Å². The summed E-state index contributed by atoms with van der Waals surface area (Å²) in [6.45, 7) is 3.92. The summed E-state index contributed by atoms with van der Waals surface area (Å²) in [5.41, 5.74) is 15.7. The Balaban J connectivity index is 0.931. The van der Waals surface area contributed by atoms with Crippen LogP contribution in [0.1, 0.15) is 16.7 Å². The van der Waals surface area contributed by atoms with Crippen LogP contribution < -0.4 is 0 Å². The molecule has 4 heteroatoms. The van der Waals surface area contributed by atoms with Crippen molar-refractivity contribution in [3.63, 3.8) is 0 Å². The molecule has 0 bridgehead atoms. The van der Waals surface area contributed by atoms with Crippen molar-refractivity contribution in [3.05, 3.63) is 247 Å². The van der Waals surface area contributed by atoms with E-state index in [4.69, 9.17) is 4.99 Å². The van der Waals surface area contributed by atoms with Gasteiger partial charge in [-0.15, -0.1) is 0 Å². The molecule has 0 saturated heterocycles. The summed E-state index contributed by atoms with van der Waals surface area (Å²) in [4.78, 5) is 9.47. The van der Waals surface area contributed by atoms with E-state index in [1.54, 1.807) is 0 Å². The smallest absolute Gasteiger partial charge is 0.159 e. The zero-order chi connectivity index (χ0) is 42.1. The molecule has 0 fully saturated rings. The van der Waals surface area contributed by atoms with Gasteiger partial charge in [0.2, 0.25) is 0 Å². The molecular formula is C59H42N4. The van der Waals surface area contributed by atoms with Gasteiger partial charge in [0.25, 0.3) is 0 Å². The normalized spacial score (nSPS) is 12.1. The Morgan fingerprint density at radius 1 is 0.429 bits per heavy atom. The van der Waals surface area contributed by atoms with Crippen LogP contribution in [0.25, 0.3) is 82.9 Å². The minimum Gasteiger partial charge on any atom is -0.309 e. The molecule has 0 amide bonds. The average molecular weight is 807 g/mol. The maximum atomic E-state index is 5.06. The van der Waals surface area contributed by atoms with E-state index < -0.39 is 0 Å². The van der Waals surface area contributed by atoms with Crippen LogP contribution in [0.5, 0.6) is 0 Å². The minimum atomic E-state index is 0.588. The van der Waals surface area contributed by atoms with Gasteiger partial charge >= 0.3 is 0 Å². The summed E-state index contributed by atoms with van der Waals surface area (Å²) in [5, 5.41) is 4.94. The van der Waals surface area contributed by atoms with Crippen molar-refractivity contribution in [2.24, 2.45) is 9.98 Å². The highest BCUT2D eigenvalue weighted by atomic mass is 15.0. The molecule has 0 spiro atoms. The Bertz CT molecular complexity index is 3500. The molecule has 2 aromatic heterocycles. The van der Waals surface area contributed by atoms with E-state index in [9.17, 15) is 0 Å². The first-order valence-electron chi connectivity index (χ1n) is 21.4. The minimum absolute atomic E-state index is 0.588. The maximum absolute atomic E-state index is 5.06. The first kappa shape index (κ1) is 37.6. The van der Waals surface area contributed by atoms with Crippen LogP contribution in [-0.4, -0.2) is 21.7 Å². The second-order valence-electron chi connectivity index (χ2n) is 15.8. The van der Waals surface area contributed by atoms with Gasteiger partial charge in [0.05, 0.1) is 27.8 Å². The number of fused-ring (bicyclic) bond motifs is 6.